The van der Waals surface area contributed by atoms with Crippen molar-refractivity contribution in [2.45, 2.75) is 52.9 Å². The van der Waals surface area contributed by atoms with Crippen LogP contribution >= 0.6 is 0 Å². The van der Waals surface area contributed by atoms with Gasteiger partial charge in [0, 0.05) is 6.54 Å². The third kappa shape index (κ3) is 4.77. The number of benzene rings is 1. The predicted molar refractivity (Wildman–Crippen MR) is 84.3 cm³/mol. The lowest BCUT2D eigenvalue weighted by atomic mass is 9.87. The Morgan fingerprint density at radius 1 is 1.26 bits per heavy atom. The van der Waals surface area contributed by atoms with E-state index in [1.165, 1.54) is 18.4 Å². The monoisotopic (exact) mass is 263 g/mol. The highest BCUT2D eigenvalue weighted by atomic mass is 16.5. The molecule has 1 unspecified atom stereocenters. The summed E-state index contributed by atoms with van der Waals surface area (Å²) in [5.74, 6) is 1.62. The van der Waals surface area contributed by atoms with E-state index >= 15 is 0 Å². The van der Waals surface area contributed by atoms with Gasteiger partial charge in [0.05, 0.1) is 12.8 Å². The molecule has 0 bridgehead atoms. The molecule has 0 amide bonds. The summed E-state index contributed by atoms with van der Waals surface area (Å²) in [6.07, 6.45) is 2.50. The Hall–Kier alpha value is -1.18. The molecule has 0 aromatic heterocycles. The highest BCUT2D eigenvalue weighted by Crippen LogP contribution is 2.31. The van der Waals surface area contributed by atoms with Gasteiger partial charge in [0.25, 0.3) is 0 Å². The average molecular weight is 263 g/mol. The van der Waals surface area contributed by atoms with Crippen LogP contribution in [0.5, 0.6) is 5.75 Å². The van der Waals surface area contributed by atoms with Gasteiger partial charge in [-0.3, -0.25) is 0 Å². The molecule has 1 aromatic carbocycles. The van der Waals surface area contributed by atoms with Crippen LogP contribution in [0.15, 0.2) is 18.2 Å². The molecule has 2 heteroatoms. The summed E-state index contributed by atoms with van der Waals surface area (Å²) >= 11 is 0. The molecule has 108 valence electrons. The molecular formula is C17H29NO. The smallest absolute Gasteiger partial charge is 0.141 e. The van der Waals surface area contributed by atoms with Crippen molar-refractivity contribution in [3.8, 4) is 5.75 Å². The summed E-state index contributed by atoms with van der Waals surface area (Å²) in [5.41, 5.74) is 2.61. The van der Waals surface area contributed by atoms with Crippen molar-refractivity contribution in [2.24, 2.45) is 5.92 Å². The van der Waals surface area contributed by atoms with Crippen LogP contribution in [0.3, 0.4) is 0 Å². The van der Waals surface area contributed by atoms with Crippen LogP contribution in [0, 0.1) is 5.92 Å². The van der Waals surface area contributed by atoms with Crippen molar-refractivity contribution in [3.63, 3.8) is 0 Å². The van der Waals surface area contributed by atoms with E-state index in [1.807, 2.05) is 0 Å². The second kappa shape index (κ2) is 6.83. The molecule has 2 nitrogen and oxygen atoms in total. The van der Waals surface area contributed by atoms with E-state index < -0.39 is 0 Å². The minimum Gasteiger partial charge on any atom is -0.495 e. The molecule has 0 saturated heterocycles. The highest BCUT2D eigenvalue weighted by Gasteiger charge is 2.16. The zero-order valence-electron chi connectivity index (χ0n) is 13.3. The first kappa shape index (κ1) is 15.9. The number of anilines is 1. The van der Waals surface area contributed by atoms with Crippen molar-refractivity contribution in [1.29, 1.82) is 0 Å². The second-order valence-electron chi connectivity index (χ2n) is 6.44. The molecule has 0 aliphatic rings. The van der Waals surface area contributed by atoms with Gasteiger partial charge in [-0.1, -0.05) is 47.1 Å². The lowest BCUT2D eigenvalue weighted by Crippen LogP contribution is -2.14. The number of rotatable bonds is 6. The quantitative estimate of drug-likeness (QED) is 0.793. The predicted octanol–water partition coefficient (Wildman–Crippen LogP) is 4.84. The molecule has 1 N–H and O–H groups in total. The normalized spacial score (nSPS) is 13.2. The van der Waals surface area contributed by atoms with Crippen molar-refractivity contribution >= 4 is 5.69 Å². The lowest BCUT2D eigenvalue weighted by Gasteiger charge is -2.22. The van der Waals surface area contributed by atoms with Crippen LogP contribution in [0.2, 0.25) is 0 Å². The van der Waals surface area contributed by atoms with Crippen LogP contribution in [0.25, 0.3) is 0 Å². The van der Waals surface area contributed by atoms with Crippen molar-refractivity contribution in [1.82, 2.24) is 0 Å². The zero-order valence-corrected chi connectivity index (χ0v) is 13.3. The van der Waals surface area contributed by atoms with Gasteiger partial charge in [-0.15, -0.1) is 0 Å². The van der Waals surface area contributed by atoms with E-state index in [0.717, 1.165) is 18.0 Å². The highest BCUT2D eigenvalue weighted by molar-refractivity contribution is 5.59. The van der Waals surface area contributed by atoms with Crippen molar-refractivity contribution < 1.29 is 4.74 Å². The van der Waals surface area contributed by atoms with Gasteiger partial charge in [0.1, 0.15) is 5.75 Å². The Morgan fingerprint density at radius 2 is 1.95 bits per heavy atom. The Kier molecular flexibility index (Phi) is 5.71. The van der Waals surface area contributed by atoms with Gasteiger partial charge in [0.2, 0.25) is 0 Å². The summed E-state index contributed by atoms with van der Waals surface area (Å²) in [7, 11) is 1.73. The molecule has 0 aliphatic carbocycles. The van der Waals surface area contributed by atoms with Gasteiger partial charge in [-0.05, 0) is 35.4 Å². The van der Waals surface area contributed by atoms with E-state index in [9.17, 15) is 0 Å². The SMILES string of the molecule is CCCC(C)CNc1cc(C(C)(C)C)ccc1OC. The maximum atomic E-state index is 5.44. The van der Waals surface area contributed by atoms with E-state index in [0.29, 0.717) is 5.92 Å². The standard InChI is InChI=1S/C17H29NO/c1-7-8-13(2)12-18-15-11-14(17(3,4)5)9-10-16(15)19-6/h9-11,13,18H,7-8,12H2,1-6H3. The van der Waals surface area contributed by atoms with Gasteiger partial charge < -0.3 is 10.1 Å². The molecule has 0 saturated carbocycles. The molecular weight excluding hydrogens is 234 g/mol. The molecule has 0 fully saturated rings. The third-order valence-electron chi connectivity index (χ3n) is 3.49. The molecule has 1 atom stereocenters. The maximum absolute atomic E-state index is 5.44. The number of nitrogens with one attached hydrogen (secondary N) is 1. The second-order valence-corrected chi connectivity index (χ2v) is 6.44. The average Bonchev–Trinajstić information content (AvgIpc) is 2.35. The third-order valence-corrected chi connectivity index (χ3v) is 3.49. The van der Waals surface area contributed by atoms with Crippen LogP contribution in [0.4, 0.5) is 5.69 Å². The van der Waals surface area contributed by atoms with E-state index in [2.05, 4.69) is 58.1 Å². The lowest BCUT2D eigenvalue weighted by molar-refractivity contribution is 0.415. The fraction of sp³-hybridized carbons (Fsp3) is 0.647. The zero-order chi connectivity index (χ0) is 14.5. The molecule has 0 aliphatic heterocycles. The minimum absolute atomic E-state index is 0.164. The summed E-state index contributed by atoms with van der Waals surface area (Å²) in [6.45, 7) is 12.2. The summed E-state index contributed by atoms with van der Waals surface area (Å²) in [5, 5.41) is 3.54. The van der Waals surface area contributed by atoms with Gasteiger partial charge in [-0.2, -0.15) is 0 Å². The maximum Gasteiger partial charge on any atom is 0.141 e. The number of methoxy groups -OCH3 is 1. The fourth-order valence-corrected chi connectivity index (χ4v) is 2.19. The first-order valence-electron chi connectivity index (χ1n) is 7.30. The number of ether oxygens (including phenoxy) is 1. The Balaban J connectivity index is 2.84. The first-order chi connectivity index (χ1) is 8.88. The van der Waals surface area contributed by atoms with Crippen LogP contribution in [-0.4, -0.2) is 13.7 Å². The Morgan fingerprint density at radius 3 is 2.47 bits per heavy atom. The minimum atomic E-state index is 0.164. The summed E-state index contributed by atoms with van der Waals surface area (Å²) in [4.78, 5) is 0. The molecule has 0 spiro atoms. The van der Waals surface area contributed by atoms with Gasteiger partial charge >= 0.3 is 0 Å². The number of hydrogen-bond donors (Lipinski definition) is 1. The number of hydrogen-bond acceptors (Lipinski definition) is 2. The largest absolute Gasteiger partial charge is 0.495 e. The van der Waals surface area contributed by atoms with Gasteiger partial charge in [-0.25, -0.2) is 0 Å². The molecule has 0 heterocycles. The van der Waals surface area contributed by atoms with Crippen LogP contribution in [-0.2, 0) is 5.41 Å². The topological polar surface area (TPSA) is 21.3 Å². The van der Waals surface area contributed by atoms with Gasteiger partial charge in [0.15, 0.2) is 0 Å². The molecule has 19 heavy (non-hydrogen) atoms. The molecule has 1 rings (SSSR count). The van der Waals surface area contributed by atoms with Crippen molar-refractivity contribution in [3.05, 3.63) is 23.8 Å². The first-order valence-corrected chi connectivity index (χ1v) is 7.30. The summed E-state index contributed by atoms with van der Waals surface area (Å²) in [6, 6.07) is 6.43. The fourth-order valence-electron chi connectivity index (χ4n) is 2.19. The Labute approximate surface area is 118 Å². The van der Waals surface area contributed by atoms with E-state index in [1.54, 1.807) is 7.11 Å². The van der Waals surface area contributed by atoms with Crippen LogP contribution < -0.4 is 10.1 Å². The molecule has 0 radical (unpaired) electrons. The van der Waals surface area contributed by atoms with E-state index in [-0.39, 0.29) is 5.41 Å². The van der Waals surface area contributed by atoms with Crippen molar-refractivity contribution in [2.75, 3.05) is 19.0 Å². The van der Waals surface area contributed by atoms with E-state index in [4.69, 9.17) is 4.74 Å². The molecule has 1 aromatic rings. The Bertz CT molecular complexity index is 393. The summed E-state index contributed by atoms with van der Waals surface area (Å²) < 4.78 is 5.44. The van der Waals surface area contributed by atoms with Crippen LogP contribution in [0.1, 0.15) is 53.0 Å².